The number of anilines is 4. The molecule has 0 saturated carbocycles. The number of carbonyl (C=O) groups excluding carboxylic acids is 4. The molecule has 1 N–H and O–H groups in total. The average Bonchev–Trinajstić information content (AvgIpc) is 3.22. The number of Topliss-reactive ketones (excluding diaryl/α,β-unsaturated/α-hetero) is 1. The van der Waals surface area contributed by atoms with Crippen molar-refractivity contribution in [3.05, 3.63) is 120 Å². The highest BCUT2D eigenvalue weighted by Gasteiger charge is 2.45. The van der Waals surface area contributed by atoms with E-state index in [1.165, 1.54) is 21.6 Å². The van der Waals surface area contributed by atoms with Crippen LogP contribution >= 0.6 is 0 Å². The van der Waals surface area contributed by atoms with Crippen molar-refractivity contribution in [3.63, 3.8) is 0 Å². The first-order valence-corrected chi connectivity index (χ1v) is 16.9. The number of hydrogen-bond acceptors (Lipinski definition) is 7. The Balaban J connectivity index is 1.40. The van der Waals surface area contributed by atoms with Crippen LogP contribution < -0.4 is 14.5 Å². The zero-order valence-corrected chi connectivity index (χ0v) is 26.9. The summed E-state index contributed by atoms with van der Waals surface area (Å²) in [5.41, 5.74) is 2.72. The number of nitrogens with zero attached hydrogens (tertiary/aromatic N) is 4. The standard InChI is InChI=1S/C35H33N5O7S/c1-2-47-33(42)36-48(45,46)32-24-37(34(43)39(26-14-5-3-6-15-26)27-16-7-4-8-17-27)21-22-38(32)35(44)40-29-19-11-9-13-25(29)23-31(41)28-18-10-12-20-30(28)40/h3-20,32H,2,21-24H2,1H3,(H,36,42)/t32-/m1/s1. The normalized spacial score (nSPS) is 15.9. The third-order valence-corrected chi connectivity index (χ3v) is 9.72. The molecule has 48 heavy (non-hydrogen) atoms. The number of ether oxygens (including phenoxy) is 1. The lowest BCUT2D eigenvalue weighted by Crippen LogP contribution is -2.64. The zero-order chi connectivity index (χ0) is 33.8. The smallest absolute Gasteiger partial charge is 0.420 e. The SMILES string of the molecule is CCOC(=O)NS(=O)(=O)[C@@H]1CN(C(=O)N(c2ccccc2)c2ccccc2)CCN1C(=O)N1c2ccccc2CC(=O)c2ccccc21. The number of benzene rings is 4. The predicted octanol–water partition coefficient (Wildman–Crippen LogP) is 5.66. The first-order chi connectivity index (χ1) is 23.2. The van der Waals surface area contributed by atoms with Gasteiger partial charge in [-0.05, 0) is 55.0 Å². The van der Waals surface area contributed by atoms with E-state index >= 15 is 0 Å². The highest BCUT2D eigenvalue weighted by Crippen LogP contribution is 2.38. The molecule has 12 nitrogen and oxygen atoms in total. The summed E-state index contributed by atoms with van der Waals surface area (Å²) in [5.74, 6) is -0.196. The number of hydrogen-bond donors (Lipinski definition) is 1. The third kappa shape index (κ3) is 6.32. The van der Waals surface area contributed by atoms with Gasteiger partial charge in [0.1, 0.15) is 0 Å². The number of sulfonamides is 1. The van der Waals surface area contributed by atoms with E-state index in [9.17, 15) is 27.6 Å². The van der Waals surface area contributed by atoms with Gasteiger partial charge in [0, 0.05) is 25.1 Å². The summed E-state index contributed by atoms with van der Waals surface area (Å²) in [6, 6.07) is 30.1. The molecule has 1 fully saturated rings. The summed E-state index contributed by atoms with van der Waals surface area (Å²) >= 11 is 0. The van der Waals surface area contributed by atoms with E-state index in [-0.39, 0.29) is 31.9 Å². The summed E-state index contributed by atoms with van der Waals surface area (Å²) in [7, 11) is -4.66. The Hall–Kier alpha value is -5.69. The molecule has 1 atom stereocenters. The average molecular weight is 668 g/mol. The molecule has 0 unspecified atom stereocenters. The number of amides is 5. The second-order valence-electron chi connectivity index (χ2n) is 11.1. The summed E-state index contributed by atoms with van der Waals surface area (Å²) in [4.78, 5) is 59.9. The lowest BCUT2D eigenvalue weighted by atomic mass is 10.0. The number of ketones is 1. The number of urea groups is 2. The Bertz CT molecular complexity index is 1920. The van der Waals surface area contributed by atoms with Crippen molar-refractivity contribution in [3.8, 4) is 0 Å². The number of nitrogens with one attached hydrogen (secondary N) is 1. The van der Waals surface area contributed by atoms with Gasteiger partial charge in [-0.1, -0.05) is 66.7 Å². The van der Waals surface area contributed by atoms with Crippen LogP contribution in [0.4, 0.5) is 37.1 Å². The highest BCUT2D eigenvalue weighted by molar-refractivity contribution is 7.90. The molecule has 0 bridgehead atoms. The van der Waals surface area contributed by atoms with Crippen LogP contribution in [0.3, 0.4) is 0 Å². The van der Waals surface area contributed by atoms with Gasteiger partial charge in [-0.3, -0.25) is 14.6 Å². The van der Waals surface area contributed by atoms with Crippen LogP contribution in [0.5, 0.6) is 0 Å². The predicted molar refractivity (Wildman–Crippen MR) is 180 cm³/mol. The maximum atomic E-state index is 14.7. The van der Waals surface area contributed by atoms with Crippen molar-refractivity contribution in [2.45, 2.75) is 18.7 Å². The van der Waals surface area contributed by atoms with Crippen molar-refractivity contribution in [1.29, 1.82) is 0 Å². The monoisotopic (exact) mass is 667 g/mol. The Labute approximate surface area is 278 Å². The number of fused-ring (bicyclic) bond motifs is 2. The van der Waals surface area contributed by atoms with Gasteiger partial charge >= 0.3 is 18.2 Å². The van der Waals surface area contributed by atoms with Gasteiger partial charge < -0.3 is 14.5 Å². The van der Waals surface area contributed by atoms with Crippen LogP contribution in [0.25, 0.3) is 0 Å². The molecule has 0 aromatic heterocycles. The molecule has 2 heterocycles. The Morgan fingerprint density at radius 2 is 1.40 bits per heavy atom. The van der Waals surface area contributed by atoms with Crippen molar-refractivity contribution in [2.24, 2.45) is 0 Å². The molecule has 1 saturated heterocycles. The van der Waals surface area contributed by atoms with E-state index in [2.05, 4.69) is 0 Å². The van der Waals surface area contributed by atoms with Crippen LogP contribution in [-0.4, -0.2) is 73.8 Å². The Morgan fingerprint density at radius 1 is 0.812 bits per heavy atom. The van der Waals surface area contributed by atoms with E-state index in [0.717, 1.165) is 4.90 Å². The minimum absolute atomic E-state index is 0.0256. The molecule has 5 amide bonds. The maximum Gasteiger partial charge on any atom is 0.420 e. The van der Waals surface area contributed by atoms with Crippen molar-refractivity contribution < 1.29 is 32.3 Å². The van der Waals surface area contributed by atoms with Crippen LogP contribution in [0.1, 0.15) is 22.8 Å². The second kappa shape index (κ2) is 13.6. The second-order valence-corrected chi connectivity index (χ2v) is 13.0. The van der Waals surface area contributed by atoms with Gasteiger partial charge in [0.05, 0.1) is 35.9 Å². The molecule has 4 aromatic rings. The van der Waals surface area contributed by atoms with Gasteiger partial charge in [-0.15, -0.1) is 0 Å². The third-order valence-electron chi connectivity index (χ3n) is 8.15. The van der Waals surface area contributed by atoms with Crippen LogP contribution in [-0.2, 0) is 21.2 Å². The van der Waals surface area contributed by atoms with Crippen LogP contribution in [0, 0.1) is 0 Å². The van der Waals surface area contributed by atoms with Gasteiger partial charge in [0.25, 0.3) is 10.0 Å². The van der Waals surface area contributed by atoms with E-state index in [1.54, 1.807) is 97.1 Å². The van der Waals surface area contributed by atoms with Crippen molar-refractivity contribution in [2.75, 3.05) is 36.0 Å². The van der Waals surface area contributed by atoms with E-state index in [4.69, 9.17) is 4.74 Å². The number of piperazine rings is 1. The number of carbonyl (C=O) groups is 4. The van der Waals surface area contributed by atoms with Gasteiger partial charge in [0.2, 0.25) is 0 Å². The fourth-order valence-corrected chi connectivity index (χ4v) is 7.27. The molecule has 4 aromatic carbocycles. The maximum absolute atomic E-state index is 14.7. The molecule has 2 aliphatic rings. The molecule has 2 aliphatic heterocycles. The molecule has 13 heteroatoms. The molecule has 6 rings (SSSR count). The highest BCUT2D eigenvalue weighted by atomic mass is 32.2. The summed E-state index contributed by atoms with van der Waals surface area (Å²) in [5, 5.41) is -1.71. The Morgan fingerprint density at radius 3 is 2.04 bits per heavy atom. The van der Waals surface area contributed by atoms with E-state index < -0.39 is 40.1 Å². The minimum atomic E-state index is -4.66. The summed E-state index contributed by atoms with van der Waals surface area (Å²) < 4.78 is 34.6. The van der Waals surface area contributed by atoms with Crippen LogP contribution in [0.2, 0.25) is 0 Å². The molecule has 246 valence electrons. The van der Waals surface area contributed by atoms with Crippen molar-refractivity contribution >= 4 is 56.7 Å². The fourth-order valence-electron chi connectivity index (χ4n) is 5.93. The van der Waals surface area contributed by atoms with E-state index in [1.807, 2.05) is 16.9 Å². The molecule has 0 spiro atoms. The van der Waals surface area contributed by atoms with Gasteiger partial charge in [-0.2, -0.15) is 0 Å². The molecule has 0 aliphatic carbocycles. The van der Waals surface area contributed by atoms with Gasteiger partial charge in [-0.25, -0.2) is 27.5 Å². The summed E-state index contributed by atoms with van der Waals surface area (Å²) in [6.07, 6.45) is -1.17. The first-order valence-electron chi connectivity index (χ1n) is 15.4. The van der Waals surface area contributed by atoms with Crippen molar-refractivity contribution in [1.82, 2.24) is 14.5 Å². The first kappa shape index (κ1) is 32.3. The Kier molecular flexibility index (Phi) is 9.13. The zero-order valence-electron chi connectivity index (χ0n) is 26.1. The van der Waals surface area contributed by atoms with Gasteiger partial charge in [0.15, 0.2) is 11.2 Å². The topological polar surface area (TPSA) is 137 Å². The molecular weight excluding hydrogens is 634 g/mol. The largest absolute Gasteiger partial charge is 0.449 e. The molecular formula is C35H33N5O7S. The quantitative estimate of drug-likeness (QED) is 0.290. The molecule has 0 radical (unpaired) electrons. The minimum Gasteiger partial charge on any atom is -0.449 e. The fraction of sp³-hybridized carbons (Fsp3) is 0.200. The lowest BCUT2D eigenvalue weighted by molar-refractivity contribution is 0.0994. The number of rotatable bonds is 5. The van der Waals surface area contributed by atoms with Crippen LogP contribution in [0.15, 0.2) is 109 Å². The summed E-state index contributed by atoms with van der Waals surface area (Å²) in [6.45, 7) is 0.747. The number of para-hydroxylation sites is 4. The lowest BCUT2D eigenvalue weighted by Gasteiger charge is -2.43. The van der Waals surface area contributed by atoms with E-state index in [0.29, 0.717) is 33.9 Å².